The highest BCUT2D eigenvalue weighted by Crippen LogP contribution is 2.32. The zero-order valence-electron chi connectivity index (χ0n) is 16.0. The summed E-state index contributed by atoms with van der Waals surface area (Å²) in [6.45, 7) is 1.64. The number of hydrogen-bond acceptors (Lipinski definition) is 4. The molecule has 3 aromatic rings. The number of halogens is 4. The number of hydrogen-bond donors (Lipinski definition) is 3. The average molecular weight is 432 g/mol. The van der Waals surface area contributed by atoms with E-state index in [-0.39, 0.29) is 16.9 Å². The molecule has 0 aliphatic rings. The maximum Gasteiger partial charge on any atom is 0.416 e. The van der Waals surface area contributed by atoms with Gasteiger partial charge in [-0.1, -0.05) is 6.07 Å². The number of nitrogens with one attached hydrogen (secondary N) is 2. The first-order valence-corrected chi connectivity index (χ1v) is 8.86. The van der Waals surface area contributed by atoms with Gasteiger partial charge in [-0.3, -0.25) is 9.59 Å². The largest absolute Gasteiger partial charge is 0.416 e. The van der Waals surface area contributed by atoms with Crippen LogP contribution in [0.2, 0.25) is 0 Å². The molecule has 6 nitrogen and oxygen atoms in total. The van der Waals surface area contributed by atoms with E-state index in [0.717, 1.165) is 0 Å². The quantitative estimate of drug-likeness (QED) is 0.524. The third-order valence-electron chi connectivity index (χ3n) is 4.33. The van der Waals surface area contributed by atoms with E-state index < -0.39 is 35.1 Å². The summed E-state index contributed by atoms with van der Waals surface area (Å²) < 4.78 is 52.5. The standard InChI is InChI=1S/C21H16F4N4O2/c1-11-2-3-12(8-15(11)20(31)28-14-5-7-18(26)27-10-14)19(30)29-17-9-13(21(23,24)25)4-6-16(17)22/h2-10H,1H3,(H2,26,27)(H,28,31)(H,29,30). The minimum Gasteiger partial charge on any atom is -0.384 e. The van der Waals surface area contributed by atoms with Crippen LogP contribution in [0.15, 0.2) is 54.7 Å². The van der Waals surface area contributed by atoms with Crippen molar-refractivity contribution in [2.45, 2.75) is 13.1 Å². The maximum absolute atomic E-state index is 13.9. The Bertz CT molecular complexity index is 1150. The van der Waals surface area contributed by atoms with Crippen LogP contribution in [-0.4, -0.2) is 16.8 Å². The molecule has 0 radical (unpaired) electrons. The number of carbonyl (C=O) groups excluding carboxylic acids is 2. The van der Waals surface area contributed by atoms with E-state index in [0.29, 0.717) is 29.4 Å². The molecule has 0 unspecified atom stereocenters. The summed E-state index contributed by atoms with van der Waals surface area (Å²) in [5.74, 6) is -2.16. The lowest BCUT2D eigenvalue weighted by molar-refractivity contribution is -0.137. The lowest BCUT2D eigenvalue weighted by Gasteiger charge is -2.12. The van der Waals surface area contributed by atoms with Gasteiger partial charge in [0.05, 0.1) is 23.1 Å². The summed E-state index contributed by atoms with van der Waals surface area (Å²) in [4.78, 5) is 28.9. The Kier molecular flexibility index (Phi) is 5.91. The number of carbonyl (C=O) groups is 2. The molecule has 0 bridgehead atoms. The second-order valence-electron chi connectivity index (χ2n) is 6.60. The minimum atomic E-state index is -4.70. The van der Waals surface area contributed by atoms with Crippen molar-refractivity contribution in [1.82, 2.24) is 4.98 Å². The maximum atomic E-state index is 13.9. The number of nitrogen functional groups attached to an aromatic ring is 1. The van der Waals surface area contributed by atoms with E-state index in [4.69, 9.17) is 5.73 Å². The van der Waals surface area contributed by atoms with Crippen molar-refractivity contribution in [1.29, 1.82) is 0 Å². The summed E-state index contributed by atoms with van der Waals surface area (Å²) in [6.07, 6.45) is -3.34. The third kappa shape index (κ3) is 5.16. The molecule has 1 aromatic heterocycles. The number of pyridine rings is 1. The van der Waals surface area contributed by atoms with Crippen LogP contribution in [0.25, 0.3) is 0 Å². The van der Waals surface area contributed by atoms with Crippen LogP contribution in [0.1, 0.15) is 31.8 Å². The number of nitrogens with zero attached hydrogens (tertiary/aromatic N) is 1. The van der Waals surface area contributed by atoms with Gasteiger partial charge in [-0.2, -0.15) is 13.2 Å². The Balaban J connectivity index is 1.83. The van der Waals surface area contributed by atoms with Gasteiger partial charge in [0.1, 0.15) is 11.6 Å². The van der Waals surface area contributed by atoms with Crippen molar-refractivity contribution >= 4 is 29.0 Å². The topological polar surface area (TPSA) is 97.1 Å². The van der Waals surface area contributed by atoms with Gasteiger partial charge in [-0.15, -0.1) is 0 Å². The number of alkyl halides is 3. The molecule has 1 heterocycles. The van der Waals surface area contributed by atoms with Crippen molar-refractivity contribution in [3.63, 3.8) is 0 Å². The molecule has 0 saturated carbocycles. The molecule has 0 fully saturated rings. The van der Waals surface area contributed by atoms with Crippen LogP contribution in [-0.2, 0) is 6.18 Å². The van der Waals surface area contributed by atoms with Gasteiger partial charge in [0.2, 0.25) is 0 Å². The number of aromatic nitrogens is 1. The molecule has 2 amide bonds. The Hall–Kier alpha value is -3.95. The van der Waals surface area contributed by atoms with Gasteiger partial charge in [0.25, 0.3) is 11.8 Å². The van der Waals surface area contributed by atoms with Crippen molar-refractivity contribution in [2.24, 2.45) is 0 Å². The normalized spacial score (nSPS) is 11.1. The first-order chi connectivity index (χ1) is 14.5. The minimum absolute atomic E-state index is 0.0389. The number of aryl methyl sites for hydroxylation is 1. The predicted octanol–water partition coefficient (Wildman–Crippen LogP) is 4.63. The van der Waals surface area contributed by atoms with Crippen molar-refractivity contribution in [2.75, 3.05) is 16.4 Å². The Morgan fingerprint density at radius 2 is 1.71 bits per heavy atom. The highest BCUT2D eigenvalue weighted by molar-refractivity contribution is 6.09. The van der Waals surface area contributed by atoms with Gasteiger partial charge >= 0.3 is 6.18 Å². The van der Waals surface area contributed by atoms with Gasteiger partial charge in [0, 0.05) is 11.1 Å². The van der Waals surface area contributed by atoms with E-state index in [1.807, 2.05) is 0 Å². The highest BCUT2D eigenvalue weighted by Gasteiger charge is 2.31. The van der Waals surface area contributed by atoms with Crippen molar-refractivity contribution in [3.05, 3.63) is 82.8 Å². The Morgan fingerprint density at radius 3 is 2.35 bits per heavy atom. The molecule has 0 aliphatic heterocycles. The number of rotatable bonds is 4. The van der Waals surface area contributed by atoms with Crippen LogP contribution in [0.5, 0.6) is 0 Å². The summed E-state index contributed by atoms with van der Waals surface area (Å²) >= 11 is 0. The fourth-order valence-corrected chi connectivity index (χ4v) is 2.68. The fourth-order valence-electron chi connectivity index (χ4n) is 2.68. The average Bonchev–Trinajstić information content (AvgIpc) is 2.70. The van der Waals surface area contributed by atoms with Crippen LogP contribution in [0, 0.1) is 12.7 Å². The lowest BCUT2D eigenvalue weighted by atomic mass is 10.0. The van der Waals surface area contributed by atoms with Crippen molar-refractivity contribution in [3.8, 4) is 0 Å². The SMILES string of the molecule is Cc1ccc(C(=O)Nc2cc(C(F)(F)F)ccc2F)cc1C(=O)Nc1ccc(N)nc1. The van der Waals surface area contributed by atoms with Crippen LogP contribution in [0.4, 0.5) is 34.8 Å². The van der Waals surface area contributed by atoms with Crippen LogP contribution < -0.4 is 16.4 Å². The smallest absolute Gasteiger partial charge is 0.384 e. The first-order valence-electron chi connectivity index (χ1n) is 8.86. The molecule has 10 heteroatoms. The second-order valence-corrected chi connectivity index (χ2v) is 6.60. The summed E-state index contributed by atoms with van der Waals surface area (Å²) in [5, 5.41) is 4.71. The molecule has 0 aliphatic carbocycles. The Labute approximate surface area is 174 Å². The van der Waals surface area contributed by atoms with E-state index in [9.17, 15) is 27.2 Å². The number of benzene rings is 2. The lowest BCUT2D eigenvalue weighted by Crippen LogP contribution is -2.18. The van der Waals surface area contributed by atoms with E-state index in [2.05, 4.69) is 15.6 Å². The number of nitrogens with two attached hydrogens (primary N) is 1. The summed E-state index contributed by atoms with van der Waals surface area (Å²) in [6, 6.07) is 8.86. The molecule has 160 valence electrons. The molecule has 0 atom stereocenters. The second kappa shape index (κ2) is 8.42. The number of amides is 2. The van der Waals surface area contributed by atoms with Gasteiger partial charge in [-0.25, -0.2) is 9.37 Å². The van der Waals surface area contributed by atoms with Crippen LogP contribution >= 0.6 is 0 Å². The fraction of sp³-hybridized carbons (Fsp3) is 0.0952. The van der Waals surface area contributed by atoms with Gasteiger partial charge in [0.15, 0.2) is 0 Å². The molecule has 2 aromatic carbocycles. The highest BCUT2D eigenvalue weighted by atomic mass is 19.4. The van der Waals surface area contributed by atoms with E-state index in [1.165, 1.54) is 30.5 Å². The summed E-state index contributed by atoms with van der Waals surface area (Å²) in [7, 11) is 0. The molecule has 3 rings (SSSR count). The molecule has 0 spiro atoms. The molecular formula is C21H16F4N4O2. The van der Waals surface area contributed by atoms with E-state index in [1.54, 1.807) is 13.0 Å². The van der Waals surface area contributed by atoms with Crippen molar-refractivity contribution < 1.29 is 27.2 Å². The van der Waals surface area contributed by atoms with Crippen LogP contribution in [0.3, 0.4) is 0 Å². The molecule has 31 heavy (non-hydrogen) atoms. The van der Waals surface area contributed by atoms with Gasteiger partial charge < -0.3 is 16.4 Å². The summed E-state index contributed by atoms with van der Waals surface area (Å²) in [5.41, 5.74) is 4.79. The monoisotopic (exact) mass is 432 g/mol. The Morgan fingerprint density at radius 1 is 0.968 bits per heavy atom. The molecule has 0 saturated heterocycles. The predicted molar refractivity (Wildman–Crippen MR) is 107 cm³/mol. The first kappa shape index (κ1) is 21.8. The number of anilines is 3. The zero-order chi connectivity index (χ0) is 22.8. The van der Waals surface area contributed by atoms with E-state index >= 15 is 0 Å². The molecular weight excluding hydrogens is 416 g/mol. The third-order valence-corrected chi connectivity index (χ3v) is 4.33. The zero-order valence-corrected chi connectivity index (χ0v) is 16.0. The van der Waals surface area contributed by atoms with Gasteiger partial charge in [-0.05, 0) is 55.0 Å². The molecule has 4 N–H and O–H groups in total.